The third-order valence-electron chi connectivity index (χ3n) is 4.46. The molecule has 0 radical (unpaired) electrons. The Morgan fingerprint density at radius 3 is 2.54 bits per heavy atom. The predicted octanol–water partition coefficient (Wildman–Crippen LogP) is 2.91. The number of sulfonamides is 1. The molecule has 28 heavy (non-hydrogen) atoms. The van der Waals surface area contributed by atoms with Crippen LogP contribution < -0.4 is 14.4 Å². The number of carbonyl (C=O) groups excluding carboxylic acids is 1. The van der Waals surface area contributed by atoms with Crippen molar-refractivity contribution in [2.24, 2.45) is 0 Å². The summed E-state index contributed by atoms with van der Waals surface area (Å²) in [5.74, 6) is 0.497. The molecule has 0 aliphatic heterocycles. The molecule has 0 aliphatic carbocycles. The van der Waals surface area contributed by atoms with Crippen molar-refractivity contribution < 1.29 is 17.9 Å². The van der Waals surface area contributed by atoms with Gasteiger partial charge in [0.1, 0.15) is 11.8 Å². The topological polar surface area (TPSA) is 75.7 Å². The summed E-state index contributed by atoms with van der Waals surface area (Å²) in [5, 5.41) is 2.84. The number of methoxy groups -OCH3 is 1. The van der Waals surface area contributed by atoms with E-state index in [4.69, 9.17) is 4.74 Å². The Hall–Kier alpha value is -2.54. The van der Waals surface area contributed by atoms with E-state index >= 15 is 0 Å². The molecule has 1 N–H and O–H groups in total. The number of nitrogens with one attached hydrogen (secondary N) is 1. The van der Waals surface area contributed by atoms with E-state index in [1.807, 2.05) is 37.3 Å². The maximum Gasteiger partial charge on any atom is 0.243 e. The molecule has 6 nitrogen and oxygen atoms in total. The molecule has 1 unspecified atom stereocenters. The lowest BCUT2D eigenvalue weighted by atomic mass is 10.1. The number of ether oxygens (including phenoxy) is 1. The zero-order valence-electron chi connectivity index (χ0n) is 16.8. The highest BCUT2D eigenvalue weighted by atomic mass is 32.2. The number of nitrogens with zero attached hydrogens (tertiary/aromatic N) is 1. The van der Waals surface area contributed by atoms with Crippen LogP contribution in [0.1, 0.15) is 24.5 Å². The molecular weight excluding hydrogens is 376 g/mol. The highest BCUT2D eigenvalue weighted by Crippen LogP contribution is 2.22. The van der Waals surface area contributed by atoms with Gasteiger partial charge in [0.2, 0.25) is 15.9 Å². The number of rotatable bonds is 9. The molecule has 0 fully saturated rings. The summed E-state index contributed by atoms with van der Waals surface area (Å²) in [6.07, 6.45) is 2.59. The van der Waals surface area contributed by atoms with Crippen LogP contribution in [-0.2, 0) is 21.2 Å². The fourth-order valence-corrected chi connectivity index (χ4v) is 4.29. The lowest BCUT2D eigenvalue weighted by molar-refractivity contribution is -0.121. The van der Waals surface area contributed by atoms with Crippen LogP contribution in [0.2, 0.25) is 0 Å². The number of benzene rings is 2. The van der Waals surface area contributed by atoms with Gasteiger partial charge >= 0.3 is 0 Å². The molecular formula is C21H28N2O4S. The molecule has 0 aliphatic rings. The molecule has 0 bridgehead atoms. The van der Waals surface area contributed by atoms with E-state index < -0.39 is 16.1 Å². The van der Waals surface area contributed by atoms with Crippen molar-refractivity contribution >= 4 is 21.6 Å². The van der Waals surface area contributed by atoms with Crippen LogP contribution in [0.4, 0.5) is 5.69 Å². The summed E-state index contributed by atoms with van der Waals surface area (Å²) in [4.78, 5) is 12.6. The normalized spacial score (nSPS) is 12.3. The van der Waals surface area contributed by atoms with Crippen LogP contribution in [0.15, 0.2) is 48.5 Å². The van der Waals surface area contributed by atoms with Crippen molar-refractivity contribution in [3.63, 3.8) is 0 Å². The van der Waals surface area contributed by atoms with Gasteiger partial charge in [-0.15, -0.1) is 0 Å². The van der Waals surface area contributed by atoms with Crippen LogP contribution >= 0.6 is 0 Å². The zero-order chi connectivity index (χ0) is 20.7. The smallest absolute Gasteiger partial charge is 0.243 e. The van der Waals surface area contributed by atoms with E-state index in [1.54, 1.807) is 32.2 Å². The van der Waals surface area contributed by atoms with Crippen LogP contribution in [0.5, 0.6) is 5.75 Å². The van der Waals surface area contributed by atoms with Gasteiger partial charge in [0.05, 0.1) is 19.1 Å². The number of anilines is 1. The molecule has 7 heteroatoms. The SMILES string of the molecule is COc1ccccc1CCCNC(=O)C(C)N(c1cccc(C)c1)S(C)(=O)=O. The van der Waals surface area contributed by atoms with Gasteiger partial charge in [-0.25, -0.2) is 8.42 Å². The van der Waals surface area contributed by atoms with Crippen LogP contribution in [-0.4, -0.2) is 40.3 Å². The van der Waals surface area contributed by atoms with Gasteiger partial charge in [0.15, 0.2) is 0 Å². The van der Waals surface area contributed by atoms with E-state index in [-0.39, 0.29) is 5.91 Å². The number of carbonyl (C=O) groups is 1. The van der Waals surface area contributed by atoms with Crippen molar-refractivity contribution in [2.45, 2.75) is 32.7 Å². The first-order chi connectivity index (χ1) is 13.2. The van der Waals surface area contributed by atoms with Crippen molar-refractivity contribution in [3.8, 4) is 5.75 Å². The Morgan fingerprint density at radius 2 is 1.89 bits per heavy atom. The van der Waals surface area contributed by atoms with Gasteiger partial charge in [-0.3, -0.25) is 9.10 Å². The van der Waals surface area contributed by atoms with Crippen molar-refractivity contribution in [1.29, 1.82) is 0 Å². The third kappa shape index (κ3) is 5.73. The molecule has 1 atom stereocenters. The van der Waals surface area contributed by atoms with Gasteiger partial charge in [-0.1, -0.05) is 30.3 Å². The number of hydrogen-bond acceptors (Lipinski definition) is 4. The molecule has 152 valence electrons. The summed E-state index contributed by atoms with van der Waals surface area (Å²) >= 11 is 0. The fourth-order valence-electron chi connectivity index (χ4n) is 3.12. The first-order valence-corrected chi connectivity index (χ1v) is 11.0. The first-order valence-electron chi connectivity index (χ1n) is 9.19. The number of amides is 1. The van der Waals surface area contributed by atoms with E-state index in [9.17, 15) is 13.2 Å². The van der Waals surface area contributed by atoms with E-state index in [0.717, 1.165) is 40.3 Å². The molecule has 2 rings (SSSR count). The standard InChI is InChI=1S/C21H28N2O4S/c1-16-9-7-12-19(15-16)23(28(4,25)26)17(2)21(24)22-14-8-11-18-10-5-6-13-20(18)27-3/h5-7,9-10,12-13,15,17H,8,11,14H2,1-4H3,(H,22,24). The maximum absolute atomic E-state index is 12.6. The average molecular weight is 405 g/mol. The molecule has 0 spiro atoms. The summed E-state index contributed by atoms with van der Waals surface area (Å²) in [7, 11) is -1.97. The van der Waals surface area contributed by atoms with Gasteiger partial charge < -0.3 is 10.1 Å². The van der Waals surface area contributed by atoms with Crippen LogP contribution in [0.25, 0.3) is 0 Å². The lowest BCUT2D eigenvalue weighted by Crippen LogP contribution is -2.48. The quantitative estimate of drug-likeness (QED) is 0.652. The molecule has 0 heterocycles. The third-order valence-corrected chi connectivity index (χ3v) is 5.70. The van der Waals surface area contributed by atoms with Gasteiger partial charge in [-0.2, -0.15) is 0 Å². The molecule has 2 aromatic rings. The Bertz CT molecular complexity index is 912. The van der Waals surface area contributed by atoms with Crippen molar-refractivity contribution in [2.75, 3.05) is 24.2 Å². The Morgan fingerprint density at radius 1 is 1.18 bits per heavy atom. The van der Waals surface area contributed by atoms with Gasteiger partial charge in [-0.05, 0) is 56.0 Å². The molecule has 1 amide bonds. The second kappa shape index (κ2) is 9.59. The van der Waals surface area contributed by atoms with E-state index in [2.05, 4.69) is 5.32 Å². The minimum absolute atomic E-state index is 0.327. The minimum atomic E-state index is -3.61. The summed E-state index contributed by atoms with van der Waals surface area (Å²) < 4.78 is 31.1. The average Bonchev–Trinajstić information content (AvgIpc) is 2.64. The van der Waals surface area contributed by atoms with Gasteiger partial charge in [0.25, 0.3) is 0 Å². The van der Waals surface area contributed by atoms with E-state index in [0.29, 0.717) is 12.2 Å². The largest absolute Gasteiger partial charge is 0.496 e. The summed E-state index contributed by atoms with van der Waals surface area (Å²) in [5.41, 5.74) is 2.49. The second-order valence-corrected chi connectivity index (χ2v) is 8.64. The zero-order valence-corrected chi connectivity index (χ0v) is 17.6. The summed E-state index contributed by atoms with van der Waals surface area (Å²) in [6.45, 7) is 3.93. The van der Waals surface area contributed by atoms with Crippen LogP contribution in [0.3, 0.4) is 0 Å². The Balaban J connectivity index is 1.99. The minimum Gasteiger partial charge on any atom is -0.496 e. The monoisotopic (exact) mass is 404 g/mol. The molecule has 0 saturated carbocycles. The fraction of sp³-hybridized carbons (Fsp3) is 0.381. The first kappa shape index (κ1) is 21.8. The lowest BCUT2D eigenvalue weighted by Gasteiger charge is -2.28. The number of para-hydroxylation sites is 1. The predicted molar refractivity (Wildman–Crippen MR) is 112 cm³/mol. The van der Waals surface area contributed by atoms with Crippen LogP contribution in [0, 0.1) is 6.92 Å². The molecule has 0 aromatic heterocycles. The molecule has 0 saturated heterocycles. The molecule has 2 aromatic carbocycles. The van der Waals surface area contributed by atoms with E-state index in [1.165, 1.54) is 0 Å². The second-order valence-electron chi connectivity index (χ2n) is 6.78. The van der Waals surface area contributed by atoms with Crippen molar-refractivity contribution in [3.05, 3.63) is 59.7 Å². The van der Waals surface area contributed by atoms with Gasteiger partial charge in [0, 0.05) is 6.54 Å². The highest BCUT2D eigenvalue weighted by Gasteiger charge is 2.28. The summed E-state index contributed by atoms with van der Waals surface area (Å²) in [6, 6.07) is 14.0. The Labute approximate surface area is 167 Å². The highest BCUT2D eigenvalue weighted by molar-refractivity contribution is 7.92. The number of hydrogen-bond donors (Lipinski definition) is 1. The maximum atomic E-state index is 12.6. The van der Waals surface area contributed by atoms with Crippen molar-refractivity contribution in [1.82, 2.24) is 5.32 Å². The number of aryl methyl sites for hydroxylation is 2. The Kier molecular flexibility index (Phi) is 7.45.